The van der Waals surface area contributed by atoms with E-state index in [4.69, 9.17) is 4.99 Å². The summed E-state index contributed by atoms with van der Waals surface area (Å²) in [6.07, 6.45) is 4.02. The number of rotatable bonds is 2. The van der Waals surface area contributed by atoms with Gasteiger partial charge in [-0.25, -0.2) is 0 Å². The molecule has 2 aliphatic heterocycles. The van der Waals surface area contributed by atoms with Crippen LogP contribution in [0.4, 0.5) is 0 Å². The molecular formula is C16H26N2O. The zero-order chi connectivity index (χ0) is 14.4. The van der Waals surface area contributed by atoms with E-state index in [2.05, 4.69) is 38.7 Å². The quantitative estimate of drug-likeness (QED) is 0.765. The second-order valence-electron chi connectivity index (χ2n) is 6.57. The number of amidine groups is 1. The highest BCUT2D eigenvalue weighted by Gasteiger charge is 2.48. The molecule has 2 unspecified atom stereocenters. The summed E-state index contributed by atoms with van der Waals surface area (Å²) >= 11 is 0. The second kappa shape index (κ2) is 4.77. The van der Waals surface area contributed by atoms with Crippen LogP contribution in [0.1, 0.15) is 54.4 Å². The molecule has 0 radical (unpaired) electrons. The molecule has 1 saturated heterocycles. The number of nitrogens with zero attached hydrogens (tertiary/aromatic N) is 2. The van der Waals surface area contributed by atoms with Crippen LogP contribution >= 0.6 is 0 Å². The van der Waals surface area contributed by atoms with Gasteiger partial charge in [-0.3, -0.25) is 9.79 Å². The highest BCUT2D eigenvalue weighted by Crippen LogP contribution is 2.40. The lowest BCUT2D eigenvalue weighted by Gasteiger charge is -2.48. The largest absolute Gasteiger partial charge is 0.344 e. The molecule has 0 N–H and O–H groups in total. The van der Waals surface area contributed by atoms with Crippen molar-refractivity contribution in [3.05, 3.63) is 11.6 Å². The van der Waals surface area contributed by atoms with Gasteiger partial charge in [0.1, 0.15) is 5.84 Å². The summed E-state index contributed by atoms with van der Waals surface area (Å²) in [6.45, 7) is 12.6. The van der Waals surface area contributed by atoms with Gasteiger partial charge < -0.3 is 4.90 Å². The SMILES string of the molecule is CCC1C(=O)C(C)(C)C2=CCC(C)N=C2N1C(C)C. The lowest BCUT2D eigenvalue weighted by Crippen LogP contribution is -2.60. The zero-order valence-corrected chi connectivity index (χ0v) is 13.0. The van der Waals surface area contributed by atoms with Crippen LogP contribution in [0.2, 0.25) is 0 Å². The standard InChI is InChI=1S/C16H26N2O/c1-7-13-14(19)16(5,6)12-9-8-11(4)17-15(12)18(13)10(2)3/h9-11,13H,7-8H2,1-6H3. The Hall–Kier alpha value is -1.12. The molecule has 0 aliphatic carbocycles. The van der Waals surface area contributed by atoms with Gasteiger partial charge in [-0.2, -0.15) is 0 Å². The first kappa shape index (κ1) is 14.3. The van der Waals surface area contributed by atoms with Crippen LogP contribution < -0.4 is 0 Å². The molecule has 0 spiro atoms. The van der Waals surface area contributed by atoms with Crippen LogP contribution in [0.5, 0.6) is 0 Å². The summed E-state index contributed by atoms with van der Waals surface area (Å²) in [7, 11) is 0. The van der Waals surface area contributed by atoms with Crippen molar-refractivity contribution < 1.29 is 4.79 Å². The number of Topliss-reactive ketones (excluding diaryl/α,β-unsaturated/α-hetero) is 1. The maximum atomic E-state index is 12.8. The van der Waals surface area contributed by atoms with Crippen molar-refractivity contribution in [2.45, 2.75) is 72.5 Å². The number of hydrogen-bond donors (Lipinski definition) is 0. The minimum absolute atomic E-state index is 0.0313. The van der Waals surface area contributed by atoms with Crippen LogP contribution in [-0.2, 0) is 4.79 Å². The molecule has 0 aromatic rings. The predicted octanol–water partition coefficient (Wildman–Crippen LogP) is 3.20. The smallest absolute Gasteiger partial charge is 0.165 e. The number of aliphatic imine (C=N–C) groups is 1. The number of carbonyl (C=O) groups is 1. The first-order valence-electron chi connectivity index (χ1n) is 7.42. The van der Waals surface area contributed by atoms with Crippen molar-refractivity contribution in [2.24, 2.45) is 10.4 Å². The summed E-state index contributed by atoms with van der Waals surface area (Å²) in [5, 5.41) is 0. The number of likely N-dealkylation sites (tertiary alicyclic amines) is 1. The van der Waals surface area contributed by atoms with Crippen molar-refractivity contribution in [3.63, 3.8) is 0 Å². The van der Waals surface area contributed by atoms with Gasteiger partial charge in [0.15, 0.2) is 5.78 Å². The molecule has 0 aromatic heterocycles. The van der Waals surface area contributed by atoms with E-state index in [0.29, 0.717) is 17.9 Å². The number of carbonyl (C=O) groups excluding carboxylic acids is 1. The molecule has 0 bridgehead atoms. The molecule has 0 saturated carbocycles. The van der Waals surface area contributed by atoms with Crippen molar-refractivity contribution in [2.75, 3.05) is 0 Å². The summed E-state index contributed by atoms with van der Waals surface area (Å²) in [5.41, 5.74) is 0.736. The number of hydrogen-bond acceptors (Lipinski definition) is 3. The zero-order valence-electron chi connectivity index (χ0n) is 13.0. The Labute approximate surface area is 116 Å². The Kier molecular flexibility index (Phi) is 3.59. The maximum absolute atomic E-state index is 12.8. The van der Waals surface area contributed by atoms with Gasteiger partial charge in [0, 0.05) is 11.6 Å². The third kappa shape index (κ3) is 2.13. The molecular weight excluding hydrogens is 236 g/mol. The number of fused-ring (bicyclic) bond motifs is 1. The fourth-order valence-electron chi connectivity index (χ4n) is 3.26. The average molecular weight is 262 g/mol. The predicted molar refractivity (Wildman–Crippen MR) is 79.4 cm³/mol. The van der Waals surface area contributed by atoms with Gasteiger partial charge >= 0.3 is 0 Å². The van der Waals surface area contributed by atoms with Gasteiger partial charge in [0.2, 0.25) is 0 Å². The second-order valence-corrected chi connectivity index (χ2v) is 6.57. The van der Waals surface area contributed by atoms with Crippen LogP contribution in [-0.4, -0.2) is 34.6 Å². The fraction of sp³-hybridized carbons (Fsp3) is 0.750. The van der Waals surface area contributed by atoms with Crippen LogP contribution in [0, 0.1) is 5.41 Å². The monoisotopic (exact) mass is 262 g/mol. The Morgan fingerprint density at radius 2 is 2.11 bits per heavy atom. The normalized spacial score (nSPS) is 30.1. The molecule has 106 valence electrons. The van der Waals surface area contributed by atoms with Crippen LogP contribution in [0.25, 0.3) is 0 Å². The highest BCUT2D eigenvalue weighted by atomic mass is 16.1. The summed E-state index contributed by atoms with van der Waals surface area (Å²) < 4.78 is 0. The van der Waals surface area contributed by atoms with Gasteiger partial charge in [-0.15, -0.1) is 0 Å². The first-order valence-corrected chi connectivity index (χ1v) is 7.42. The van der Waals surface area contributed by atoms with Crippen molar-refractivity contribution in [3.8, 4) is 0 Å². The van der Waals surface area contributed by atoms with Crippen molar-refractivity contribution in [1.29, 1.82) is 0 Å². The molecule has 0 amide bonds. The Balaban J connectivity index is 2.55. The Bertz CT molecular complexity index is 446. The fourth-order valence-corrected chi connectivity index (χ4v) is 3.26. The topological polar surface area (TPSA) is 32.7 Å². The molecule has 19 heavy (non-hydrogen) atoms. The third-order valence-corrected chi connectivity index (χ3v) is 4.36. The van der Waals surface area contributed by atoms with Crippen molar-refractivity contribution >= 4 is 11.6 Å². The van der Waals surface area contributed by atoms with E-state index in [1.54, 1.807) is 0 Å². The molecule has 3 heteroatoms. The van der Waals surface area contributed by atoms with E-state index >= 15 is 0 Å². The van der Waals surface area contributed by atoms with E-state index in [-0.39, 0.29) is 6.04 Å². The number of ketones is 1. The van der Waals surface area contributed by atoms with E-state index < -0.39 is 5.41 Å². The maximum Gasteiger partial charge on any atom is 0.165 e. The molecule has 2 rings (SSSR count). The van der Waals surface area contributed by atoms with E-state index in [1.165, 1.54) is 0 Å². The molecule has 0 aromatic carbocycles. The van der Waals surface area contributed by atoms with Gasteiger partial charge in [0.05, 0.1) is 17.5 Å². The van der Waals surface area contributed by atoms with E-state index in [0.717, 1.165) is 24.3 Å². The minimum atomic E-state index is -0.398. The van der Waals surface area contributed by atoms with E-state index in [1.807, 2.05) is 13.8 Å². The van der Waals surface area contributed by atoms with Gasteiger partial charge in [-0.1, -0.05) is 13.0 Å². The molecule has 2 atom stereocenters. The summed E-state index contributed by atoms with van der Waals surface area (Å²) in [6, 6.07) is 0.593. The average Bonchev–Trinajstić information content (AvgIpc) is 2.32. The molecule has 2 heterocycles. The van der Waals surface area contributed by atoms with E-state index in [9.17, 15) is 4.79 Å². The summed E-state index contributed by atoms with van der Waals surface area (Å²) in [5.74, 6) is 1.40. The lowest BCUT2D eigenvalue weighted by atomic mass is 9.71. The first-order chi connectivity index (χ1) is 8.80. The molecule has 3 nitrogen and oxygen atoms in total. The van der Waals surface area contributed by atoms with Crippen LogP contribution in [0.15, 0.2) is 16.6 Å². The molecule has 1 fully saturated rings. The minimum Gasteiger partial charge on any atom is -0.344 e. The van der Waals surface area contributed by atoms with Gasteiger partial charge in [-0.05, 0) is 47.5 Å². The highest BCUT2D eigenvalue weighted by molar-refractivity contribution is 6.12. The Morgan fingerprint density at radius 3 is 2.63 bits per heavy atom. The van der Waals surface area contributed by atoms with Crippen LogP contribution in [0.3, 0.4) is 0 Å². The third-order valence-electron chi connectivity index (χ3n) is 4.36. The number of dihydropyridines is 1. The Morgan fingerprint density at radius 1 is 1.47 bits per heavy atom. The lowest BCUT2D eigenvalue weighted by molar-refractivity contribution is -0.131. The molecule has 2 aliphatic rings. The van der Waals surface area contributed by atoms with Gasteiger partial charge in [0.25, 0.3) is 0 Å². The van der Waals surface area contributed by atoms with Crippen molar-refractivity contribution in [1.82, 2.24) is 4.90 Å². The number of piperidine rings is 1. The summed E-state index contributed by atoms with van der Waals surface area (Å²) in [4.78, 5) is 19.9.